The monoisotopic (exact) mass is 314 g/mol. The number of hydrogen-bond acceptors (Lipinski definition) is 5. The van der Waals surface area contributed by atoms with E-state index in [1.807, 2.05) is 0 Å². The Hall–Kier alpha value is -1.64. The lowest BCUT2D eigenvalue weighted by Crippen LogP contribution is -2.45. The topological polar surface area (TPSA) is 105 Å². The summed E-state index contributed by atoms with van der Waals surface area (Å²) in [4.78, 5) is 11.9. The number of fused-ring (bicyclic) bond motifs is 1. The van der Waals surface area contributed by atoms with Crippen LogP contribution in [-0.2, 0) is 14.8 Å². The second-order valence-electron chi connectivity index (χ2n) is 5.20. The molecule has 7 nitrogen and oxygen atoms in total. The molecule has 2 rings (SSSR count). The molecule has 1 aromatic carbocycles. The molecule has 0 aliphatic carbocycles. The van der Waals surface area contributed by atoms with Crippen molar-refractivity contribution >= 4 is 21.6 Å². The van der Waals surface area contributed by atoms with Gasteiger partial charge >= 0.3 is 0 Å². The summed E-state index contributed by atoms with van der Waals surface area (Å²) in [5, 5.41) is 11.3. The van der Waals surface area contributed by atoms with Crippen LogP contribution < -0.4 is 14.8 Å². The quantitative estimate of drug-likeness (QED) is 0.685. The maximum atomic E-state index is 12.1. The number of amides is 1. The predicted octanol–water partition coefficient (Wildman–Crippen LogP) is 0.457. The van der Waals surface area contributed by atoms with E-state index >= 15 is 0 Å². The summed E-state index contributed by atoms with van der Waals surface area (Å²) < 4.78 is 32.0. The maximum absolute atomic E-state index is 12.1. The van der Waals surface area contributed by atoms with Crippen molar-refractivity contribution in [1.82, 2.24) is 4.72 Å². The van der Waals surface area contributed by atoms with E-state index in [0.717, 1.165) is 0 Å². The molecule has 0 unspecified atom stereocenters. The number of ether oxygens (including phenoxy) is 1. The molecule has 0 aromatic heterocycles. The number of carbonyl (C=O) groups excluding carboxylic acids is 1. The van der Waals surface area contributed by atoms with Crippen LogP contribution in [0.4, 0.5) is 5.69 Å². The van der Waals surface area contributed by atoms with Crippen molar-refractivity contribution in [2.45, 2.75) is 30.8 Å². The van der Waals surface area contributed by atoms with Gasteiger partial charge in [-0.25, -0.2) is 13.1 Å². The number of nitrogens with one attached hydrogen (secondary N) is 2. The molecular weight excluding hydrogens is 296 g/mol. The van der Waals surface area contributed by atoms with E-state index < -0.39 is 15.6 Å². The number of benzene rings is 1. The van der Waals surface area contributed by atoms with Crippen LogP contribution in [0.5, 0.6) is 5.75 Å². The first kappa shape index (κ1) is 15.7. The van der Waals surface area contributed by atoms with Crippen molar-refractivity contribution in [1.29, 1.82) is 0 Å². The molecule has 1 aliphatic rings. The number of aliphatic hydroxyl groups excluding tert-OH is 1. The smallest absolute Gasteiger partial charge is 0.268 e. The van der Waals surface area contributed by atoms with Crippen molar-refractivity contribution in [3.63, 3.8) is 0 Å². The molecule has 1 heterocycles. The zero-order valence-electron chi connectivity index (χ0n) is 11.8. The number of rotatable bonds is 5. The van der Waals surface area contributed by atoms with Gasteiger partial charge in [0.05, 0.1) is 10.6 Å². The molecule has 21 heavy (non-hydrogen) atoms. The van der Waals surface area contributed by atoms with Crippen LogP contribution in [0.15, 0.2) is 23.1 Å². The van der Waals surface area contributed by atoms with Gasteiger partial charge in [-0.3, -0.25) is 4.79 Å². The van der Waals surface area contributed by atoms with Gasteiger partial charge in [0.1, 0.15) is 5.75 Å². The molecule has 0 atom stereocenters. The van der Waals surface area contributed by atoms with E-state index in [0.29, 0.717) is 17.9 Å². The summed E-state index contributed by atoms with van der Waals surface area (Å²) in [6, 6.07) is 4.27. The Balaban J connectivity index is 2.26. The van der Waals surface area contributed by atoms with Crippen molar-refractivity contribution in [2.24, 2.45) is 0 Å². The SMILES string of the molecule is CC1(C)Oc2ccc(S(=O)(=O)NCCCO)cc2NC1=O. The van der Waals surface area contributed by atoms with E-state index in [-0.39, 0.29) is 24.0 Å². The van der Waals surface area contributed by atoms with Gasteiger partial charge in [-0.1, -0.05) is 0 Å². The van der Waals surface area contributed by atoms with Gasteiger partial charge in [-0.15, -0.1) is 0 Å². The van der Waals surface area contributed by atoms with Gasteiger partial charge in [0.15, 0.2) is 5.60 Å². The average Bonchev–Trinajstić information content (AvgIpc) is 2.39. The zero-order chi connectivity index (χ0) is 15.7. The van der Waals surface area contributed by atoms with Gasteiger partial charge in [-0.05, 0) is 38.5 Å². The van der Waals surface area contributed by atoms with Crippen molar-refractivity contribution in [3.8, 4) is 5.75 Å². The predicted molar refractivity (Wildman–Crippen MR) is 76.7 cm³/mol. The van der Waals surface area contributed by atoms with E-state index in [4.69, 9.17) is 9.84 Å². The number of sulfonamides is 1. The van der Waals surface area contributed by atoms with Crippen molar-refractivity contribution in [3.05, 3.63) is 18.2 Å². The van der Waals surface area contributed by atoms with Gasteiger partial charge in [0.25, 0.3) is 5.91 Å². The van der Waals surface area contributed by atoms with Crippen LogP contribution in [0.25, 0.3) is 0 Å². The minimum Gasteiger partial charge on any atom is -0.476 e. The first-order chi connectivity index (χ1) is 9.76. The van der Waals surface area contributed by atoms with Crippen LogP contribution in [0.2, 0.25) is 0 Å². The molecule has 1 amide bonds. The molecule has 0 saturated heterocycles. The van der Waals surface area contributed by atoms with Crippen LogP contribution in [0.3, 0.4) is 0 Å². The Bertz CT molecular complexity index is 655. The molecular formula is C13H18N2O5S. The summed E-state index contributed by atoms with van der Waals surface area (Å²) in [6.07, 6.45) is 0.332. The fourth-order valence-electron chi connectivity index (χ4n) is 1.83. The Kier molecular flexibility index (Phi) is 4.22. The van der Waals surface area contributed by atoms with Gasteiger partial charge < -0.3 is 15.2 Å². The standard InChI is InChI=1S/C13H18N2O5S/c1-13(2)12(17)15-10-8-9(4-5-11(10)20-13)21(18,19)14-6-3-7-16/h4-5,8,14,16H,3,6-7H2,1-2H3,(H,15,17). The summed E-state index contributed by atoms with van der Waals surface area (Å²) in [5.74, 6) is 0.0895. The highest BCUT2D eigenvalue weighted by Crippen LogP contribution is 2.35. The lowest BCUT2D eigenvalue weighted by atomic mass is 10.1. The molecule has 0 fully saturated rings. The first-order valence-corrected chi connectivity index (χ1v) is 7.99. The normalized spacial score (nSPS) is 16.8. The summed E-state index contributed by atoms with van der Waals surface area (Å²) in [7, 11) is -3.68. The molecule has 116 valence electrons. The summed E-state index contributed by atoms with van der Waals surface area (Å²) >= 11 is 0. The Morgan fingerprint density at radius 3 is 2.76 bits per heavy atom. The van der Waals surface area contributed by atoms with Crippen LogP contribution >= 0.6 is 0 Å². The molecule has 0 bridgehead atoms. The lowest BCUT2D eigenvalue weighted by Gasteiger charge is -2.31. The third kappa shape index (κ3) is 3.34. The highest BCUT2D eigenvalue weighted by atomic mass is 32.2. The van der Waals surface area contributed by atoms with Gasteiger partial charge in [0, 0.05) is 13.2 Å². The molecule has 3 N–H and O–H groups in total. The van der Waals surface area contributed by atoms with Crippen LogP contribution in [0, 0.1) is 0 Å². The van der Waals surface area contributed by atoms with Gasteiger partial charge in [-0.2, -0.15) is 0 Å². The Morgan fingerprint density at radius 1 is 1.38 bits per heavy atom. The van der Waals surface area contributed by atoms with E-state index in [9.17, 15) is 13.2 Å². The van der Waals surface area contributed by atoms with Crippen molar-refractivity contribution in [2.75, 3.05) is 18.5 Å². The number of aliphatic hydroxyl groups is 1. The Morgan fingerprint density at radius 2 is 2.10 bits per heavy atom. The van der Waals surface area contributed by atoms with E-state index in [1.54, 1.807) is 13.8 Å². The molecule has 0 spiro atoms. The minimum absolute atomic E-state index is 0.0304. The Labute approximate surface area is 123 Å². The van der Waals surface area contributed by atoms with Gasteiger partial charge in [0.2, 0.25) is 10.0 Å². The first-order valence-electron chi connectivity index (χ1n) is 6.51. The minimum atomic E-state index is -3.68. The van der Waals surface area contributed by atoms with Crippen LogP contribution in [-0.4, -0.2) is 38.2 Å². The number of carbonyl (C=O) groups is 1. The largest absolute Gasteiger partial charge is 0.476 e. The highest BCUT2D eigenvalue weighted by molar-refractivity contribution is 7.89. The third-order valence-corrected chi connectivity index (χ3v) is 4.51. The van der Waals surface area contributed by atoms with E-state index in [1.165, 1.54) is 18.2 Å². The van der Waals surface area contributed by atoms with Crippen molar-refractivity contribution < 1.29 is 23.1 Å². The molecule has 1 aliphatic heterocycles. The number of hydrogen-bond donors (Lipinski definition) is 3. The average molecular weight is 314 g/mol. The molecule has 0 saturated carbocycles. The second-order valence-corrected chi connectivity index (χ2v) is 6.97. The second kappa shape index (κ2) is 5.63. The van der Waals surface area contributed by atoms with Crippen LogP contribution in [0.1, 0.15) is 20.3 Å². The zero-order valence-corrected chi connectivity index (χ0v) is 12.7. The fourth-order valence-corrected chi connectivity index (χ4v) is 2.93. The van der Waals surface area contributed by atoms with E-state index in [2.05, 4.69) is 10.0 Å². The fraction of sp³-hybridized carbons (Fsp3) is 0.462. The maximum Gasteiger partial charge on any atom is 0.268 e. The lowest BCUT2D eigenvalue weighted by molar-refractivity contribution is -0.129. The highest BCUT2D eigenvalue weighted by Gasteiger charge is 2.35. The molecule has 0 radical (unpaired) electrons. The third-order valence-electron chi connectivity index (χ3n) is 3.05. The number of anilines is 1. The summed E-state index contributed by atoms with van der Waals surface area (Å²) in [6.45, 7) is 3.32. The molecule has 1 aromatic rings. The molecule has 8 heteroatoms. The summed E-state index contributed by atoms with van der Waals surface area (Å²) in [5.41, 5.74) is -0.670.